The molecule has 0 saturated carbocycles. The molecule has 0 aromatic carbocycles. The summed E-state index contributed by atoms with van der Waals surface area (Å²) >= 11 is 0. The number of ether oxygens (including phenoxy) is 2. The summed E-state index contributed by atoms with van der Waals surface area (Å²) in [5, 5.41) is 0. The highest BCUT2D eigenvalue weighted by atomic mass is 31.2. The third-order valence-corrected chi connectivity index (χ3v) is 15.0. The quantitative estimate of drug-likeness (QED) is 0.0264. The third-order valence-electron chi connectivity index (χ3n) is 14.0. The van der Waals surface area contributed by atoms with E-state index in [1.54, 1.807) is 0 Å². The first-order chi connectivity index (χ1) is 35.8. The lowest BCUT2D eigenvalue weighted by molar-refractivity contribution is -0.161. The zero-order valence-electron chi connectivity index (χ0n) is 48.1. The fourth-order valence-corrected chi connectivity index (χ4v) is 10.1. The molecular formula is C63H120NO8P. The van der Waals surface area contributed by atoms with Crippen molar-refractivity contribution in [2.45, 2.75) is 328 Å². The third kappa shape index (κ3) is 59.3. The number of allylic oxidation sites excluding steroid dienone is 6. The van der Waals surface area contributed by atoms with Crippen LogP contribution in [0, 0.1) is 0 Å². The SMILES string of the molecule is CCCCCCC/C=C\C/C=C\C/C=C\CCCCCCCCCCCCCCCCC(=O)OC(COC(=O)CCCCCCCCCCCCCCCCCCCCCCCCC)COP(=O)(O)OCCN. The molecule has 0 radical (unpaired) electrons. The maximum atomic E-state index is 12.7. The van der Waals surface area contributed by atoms with Crippen molar-refractivity contribution >= 4 is 19.8 Å². The molecule has 0 aliphatic carbocycles. The molecule has 0 rings (SSSR count). The van der Waals surface area contributed by atoms with Crippen LogP contribution in [-0.2, 0) is 32.7 Å². The van der Waals surface area contributed by atoms with Crippen LogP contribution in [0.4, 0.5) is 0 Å². The van der Waals surface area contributed by atoms with E-state index < -0.39 is 26.5 Å². The van der Waals surface area contributed by atoms with Gasteiger partial charge in [-0.25, -0.2) is 4.57 Å². The van der Waals surface area contributed by atoms with E-state index in [2.05, 4.69) is 50.3 Å². The molecule has 430 valence electrons. The molecular weight excluding hydrogens is 930 g/mol. The predicted octanol–water partition coefficient (Wildman–Crippen LogP) is 20.0. The van der Waals surface area contributed by atoms with E-state index in [0.717, 1.165) is 51.4 Å². The first kappa shape index (κ1) is 71.2. The Bertz CT molecular complexity index is 1290. The van der Waals surface area contributed by atoms with Crippen LogP contribution < -0.4 is 5.73 Å². The molecule has 0 aliphatic heterocycles. The van der Waals surface area contributed by atoms with Crippen LogP contribution in [0.3, 0.4) is 0 Å². The van der Waals surface area contributed by atoms with Crippen molar-refractivity contribution < 1.29 is 37.6 Å². The number of unbranched alkanes of at least 4 members (excludes halogenated alkanes) is 41. The van der Waals surface area contributed by atoms with Crippen LogP contribution in [-0.4, -0.2) is 49.3 Å². The molecule has 2 unspecified atom stereocenters. The molecule has 0 bridgehead atoms. The maximum Gasteiger partial charge on any atom is 0.472 e. The summed E-state index contributed by atoms with van der Waals surface area (Å²) in [5.41, 5.74) is 5.39. The van der Waals surface area contributed by atoms with Crippen LogP contribution in [0.1, 0.15) is 322 Å². The largest absolute Gasteiger partial charge is 0.472 e. The van der Waals surface area contributed by atoms with Crippen LogP contribution in [0.2, 0.25) is 0 Å². The smallest absolute Gasteiger partial charge is 0.462 e. The number of phosphoric ester groups is 1. The van der Waals surface area contributed by atoms with E-state index in [9.17, 15) is 19.0 Å². The topological polar surface area (TPSA) is 134 Å². The van der Waals surface area contributed by atoms with E-state index in [1.807, 2.05) is 0 Å². The van der Waals surface area contributed by atoms with Gasteiger partial charge < -0.3 is 20.1 Å². The Morgan fingerprint density at radius 1 is 0.411 bits per heavy atom. The number of carbonyl (C=O) groups excluding carboxylic acids is 2. The fourth-order valence-electron chi connectivity index (χ4n) is 9.35. The van der Waals surface area contributed by atoms with Crippen molar-refractivity contribution in [3.05, 3.63) is 36.5 Å². The molecule has 2 atom stereocenters. The van der Waals surface area contributed by atoms with E-state index in [0.29, 0.717) is 6.42 Å². The van der Waals surface area contributed by atoms with Gasteiger partial charge in [0.05, 0.1) is 13.2 Å². The minimum Gasteiger partial charge on any atom is -0.462 e. The highest BCUT2D eigenvalue weighted by Gasteiger charge is 2.26. The predicted molar refractivity (Wildman–Crippen MR) is 312 cm³/mol. The Balaban J connectivity index is 3.90. The Kier molecular flexibility index (Phi) is 58.0. The Morgan fingerprint density at radius 3 is 1.05 bits per heavy atom. The van der Waals surface area contributed by atoms with Crippen LogP contribution in [0.5, 0.6) is 0 Å². The molecule has 0 fully saturated rings. The van der Waals surface area contributed by atoms with E-state index in [-0.39, 0.29) is 38.6 Å². The average molecular weight is 1050 g/mol. The van der Waals surface area contributed by atoms with Gasteiger partial charge in [0.25, 0.3) is 0 Å². The van der Waals surface area contributed by atoms with Gasteiger partial charge in [-0.15, -0.1) is 0 Å². The van der Waals surface area contributed by atoms with Gasteiger partial charge >= 0.3 is 19.8 Å². The van der Waals surface area contributed by atoms with E-state index >= 15 is 0 Å². The molecule has 0 aromatic rings. The molecule has 10 heteroatoms. The second kappa shape index (κ2) is 59.5. The van der Waals surface area contributed by atoms with Crippen molar-refractivity contribution in [2.75, 3.05) is 26.4 Å². The maximum absolute atomic E-state index is 12.7. The van der Waals surface area contributed by atoms with Crippen LogP contribution in [0.25, 0.3) is 0 Å². The summed E-state index contributed by atoms with van der Waals surface area (Å²) in [7, 11) is -4.39. The number of esters is 2. The van der Waals surface area contributed by atoms with Gasteiger partial charge in [0.1, 0.15) is 6.61 Å². The van der Waals surface area contributed by atoms with E-state index in [1.165, 1.54) is 238 Å². The lowest BCUT2D eigenvalue weighted by Gasteiger charge is -2.19. The average Bonchev–Trinajstić information content (AvgIpc) is 3.38. The number of hydrogen-bond acceptors (Lipinski definition) is 8. The van der Waals surface area contributed by atoms with Crippen molar-refractivity contribution in [3.63, 3.8) is 0 Å². The molecule has 0 aliphatic rings. The number of phosphoric acid groups is 1. The van der Waals surface area contributed by atoms with Crippen molar-refractivity contribution in [3.8, 4) is 0 Å². The van der Waals surface area contributed by atoms with E-state index in [4.69, 9.17) is 24.3 Å². The monoisotopic (exact) mass is 1050 g/mol. The summed E-state index contributed by atoms with van der Waals surface area (Å²) in [5.74, 6) is -0.810. The number of nitrogens with two attached hydrogens (primary N) is 1. The lowest BCUT2D eigenvalue weighted by Crippen LogP contribution is -2.29. The fraction of sp³-hybridized carbons (Fsp3) is 0.873. The van der Waals surface area contributed by atoms with Crippen LogP contribution >= 0.6 is 7.82 Å². The Morgan fingerprint density at radius 2 is 0.712 bits per heavy atom. The highest BCUT2D eigenvalue weighted by Crippen LogP contribution is 2.43. The first-order valence-electron chi connectivity index (χ1n) is 31.5. The molecule has 9 nitrogen and oxygen atoms in total. The van der Waals surface area contributed by atoms with Gasteiger partial charge in [-0.3, -0.25) is 18.6 Å². The molecule has 0 saturated heterocycles. The summed E-state index contributed by atoms with van der Waals surface area (Å²) in [6.07, 6.45) is 72.1. The first-order valence-corrected chi connectivity index (χ1v) is 33.0. The van der Waals surface area contributed by atoms with Crippen LogP contribution in [0.15, 0.2) is 36.5 Å². The highest BCUT2D eigenvalue weighted by molar-refractivity contribution is 7.47. The van der Waals surface area contributed by atoms with Crippen molar-refractivity contribution in [2.24, 2.45) is 5.73 Å². The molecule has 0 aromatic heterocycles. The Hall–Kier alpha value is -1.77. The van der Waals surface area contributed by atoms with Gasteiger partial charge in [0, 0.05) is 19.4 Å². The zero-order valence-corrected chi connectivity index (χ0v) is 49.0. The second-order valence-corrected chi connectivity index (χ2v) is 22.7. The summed E-state index contributed by atoms with van der Waals surface area (Å²) < 4.78 is 33.1. The normalized spacial score (nSPS) is 13.2. The lowest BCUT2D eigenvalue weighted by atomic mass is 10.0. The zero-order chi connectivity index (χ0) is 53.1. The minimum absolute atomic E-state index is 0.0552. The van der Waals surface area contributed by atoms with Crippen molar-refractivity contribution in [1.29, 1.82) is 0 Å². The van der Waals surface area contributed by atoms with Gasteiger partial charge in [0.15, 0.2) is 6.10 Å². The number of rotatable bonds is 60. The molecule has 0 spiro atoms. The number of carbonyl (C=O) groups is 2. The molecule has 3 N–H and O–H groups in total. The molecule has 73 heavy (non-hydrogen) atoms. The second-order valence-electron chi connectivity index (χ2n) is 21.3. The standard InChI is InChI=1S/C63H120NO8P/c1-3-5-7-9-11-13-15-17-19-21-23-25-27-28-29-30-31-32-34-36-38-40-42-44-46-48-50-52-54-56-63(66)72-61(60-71-73(67,68)70-58-57-64)59-69-62(65)55-53-51-49-47-45-43-41-39-37-35-33-26-24-22-20-18-16-14-12-10-8-6-4-2/h15,17,21,23,27-28,61H,3-14,16,18-20,22,24-26,29-60,64H2,1-2H3,(H,67,68)/b17-15-,23-21-,28-27-. The van der Waals surface area contributed by atoms with Crippen molar-refractivity contribution in [1.82, 2.24) is 0 Å². The summed E-state index contributed by atoms with van der Waals surface area (Å²) in [6, 6.07) is 0. The summed E-state index contributed by atoms with van der Waals surface area (Å²) in [6.45, 7) is 3.79. The van der Waals surface area contributed by atoms with Gasteiger partial charge in [-0.2, -0.15) is 0 Å². The molecule has 0 heterocycles. The number of hydrogen-bond donors (Lipinski definition) is 2. The Labute approximate surface area is 452 Å². The van der Waals surface area contributed by atoms with Gasteiger partial charge in [0.2, 0.25) is 0 Å². The minimum atomic E-state index is -4.39. The summed E-state index contributed by atoms with van der Waals surface area (Å²) in [4.78, 5) is 35.3. The van der Waals surface area contributed by atoms with Gasteiger partial charge in [-0.05, 0) is 51.4 Å². The molecule has 0 amide bonds. The van der Waals surface area contributed by atoms with Gasteiger partial charge in [-0.1, -0.05) is 294 Å².